The topological polar surface area (TPSA) is 60.2 Å². The summed E-state index contributed by atoms with van der Waals surface area (Å²) in [5.41, 5.74) is 5.45. The summed E-state index contributed by atoms with van der Waals surface area (Å²) in [7, 11) is 1.64. The molecular weight excluding hydrogens is 294 g/mol. The predicted octanol–water partition coefficient (Wildman–Crippen LogP) is 3.24. The predicted molar refractivity (Wildman–Crippen MR) is 77.8 cm³/mol. The molecule has 1 aromatic carbocycles. The molecule has 0 aliphatic rings. The second-order valence-electron chi connectivity index (χ2n) is 4.03. The first-order valence-electron chi connectivity index (χ1n) is 5.84. The molecule has 1 aromatic heterocycles. The highest BCUT2D eigenvalue weighted by Crippen LogP contribution is 2.35. The van der Waals surface area contributed by atoms with Gasteiger partial charge in [0.1, 0.15) is 5.75 Å². The highest BCUT2D eigenvalue weighted by molar-refractivity contribution is 9.10. The molecule has 0 aliphatic carbocycles. The third-order valence-electron chi connectivity index (χ3n) is 2.81. The minimum absolute atomic E-state index is 0.761. The maximum absolute atomic E-state index is 5.61. The summed E-state index contributed by atoms with van der Waals surface area (Å²) in [5, 5.41) is 0.897. The van der Waals surface area contributed by atoms with Gasteiger partial charge in [-0.1, -0.05) is 13.3 Å². The molecule has 4 nitrogen and oxygen atoms in total. The summed E-state index contributed by atoms with van der Waals surface area (Å²) in [5.74, 6) is 6.37. The Kier molecular flexibility index (Phi) is 4.04. The van der Waals surface area contributed by atoms with Gasteiger partial charge in [-0.3, -0.25) is 10.8 Å². The van der Waals surface area contributed by atoms with Crippen LogP contribution in [0, 0.1) is 0 Å². The minimum Gasteiger partial charge on any atom is -0.496 e. The number of nitrogen functional groups attached to an aromatic ring is 1. The van der Waals surface area contributed by atoms with E-state index in [9.17, 15) is 0 Å². The van der Waals surface area contributed by atoms with Gasteiger partial charge in [0.05, 0.1) is 23.7 Å². The molecule has 3 N–H and O–H groups in total. The van der Waals surface area contributed by atoms with Crippen LogP contribution in [0.15, 0.2) is 22.7 Å². The van der Waals surface area contributed by atoms with Gasteiger partial charge in [-0.15, -0.1) is 0 Å². The third kappa shape index (κ3) is 2.28. The molecule has 2 rings (SSSR count). The van der Waals surface area contributed by atoms with Gasteiger partial charge in [0.25, 0.3) is 0 Å². The van der Waals surface area contributed by atoms with Crippen LogP contribution in [0.25, 0.3) is 10.9 Å². The fourth-order valence-corrected chi connectivity index (χ4v) is 2.42. The second-order valence-corrected chi connectivity index (χ2v) is 4.88. The zero-order valence-electron chi connectivity index (χ0n) is 10.5. The molecule has 0 aliphatic heterocycles. The average Bonchev–Trinajstić information content (AvgIpc) is 2.39. The Labute approximate surface area is 115 Å². The zero-order valence-corrected chi connectivity index (χ0v) is 12.0. The molecule has 0 spiro atoms. The molecule has 0 saturated heterocycles. The number of benzene rings is 1. The first kappa shape index (κ1) is 13.1. The number of hydrogen-bond acceptors (Lipinski definition) is 4. The van der Waals surface area contributed by atoms with Crippen LogP contribution in [0.5, 0.6) is 5.75 Å². The van der Waals surface area contributed by atoms with Gasteiger partial charge in [0.2, 0.25) is 0 Å². The lowest BCUT2D eigenvalue weighted by Gasteiger charge is -2.13. The smallest absolute Gasteiger partial charge is 0.130 e. The van der Waals surface area contributed by atoms with E-state index in [0.29, 0.717) is 0 Å². The van der Waals surface area contributed by atoms with Crippen LogP contribution in [0.2, 0.25) is 0 Å². The van der Waals surface area contributed by atoms with Gasteiger partial charge < -0.3 is 10.2 Å². The monoisotopic (exact) mass is 309 g/mol. The minimum atomic E-state index is 0.761. The van der Waals surface area contributed by atoms with Crippen LogP contribution in [0.4, 0.5) is 5.69 Å². The Morgan fingerprint density at radius 2 is 2.22 bits per heavy atom. The number of nitrogens with two attached hydrogens (primary N) is 1. The van der Waals surface area contributed by atoms with E-state index in [2.05, 4.69) is 33.3 Å². The van der Waals surface area contributed by atoms with Crippen molar-refractivity contribution in [1.29, 1.82) is 0 Å². The van der Waals surface area contributed by atoms with E-state index >= 15 is 0 Å². The van der Waals surface area contributed by atoms with Gasteiger partial charge in [-0.05, 0) is 40.5 Å². The molecule has 0 radical (unpaired) electrons. The number of fused-ring (bicyclic) bond motifs is 1. The van der Waals surface area contributed by atoms with Crippen LogP contribution in [0.3, 0.4) is 0 Å². The molecule has 96 valence electrons. The van der Waals surface area contributed by atoms with Crippen molar-refractivity contribution >= 4 is 32.5 Å². The van der Waals surface area contributed by atoms with Gasteiger partial charge in [0, 0.05) is 10.2 Å². The number of aryl methyl sites for hydroxylation is 1. The molecule has 0 unspecified atom stereocenters. The molecule has 2 aromatic rings. The molecule has 0 atom stereocenters. The summed E-state index contributed by atoms with van der Waals surface area (Å²) in [4.78, 5) is 4.66. The third-order valence-corrected chi connectivity index (χ3v) is 3.45. The van der Waals surface area contributed by atoms with Gasteiger partial charge in [-0.2, -0.15) is 0 Å². The maximum atomic E-state index is 5.61. The van der Waals surface area contributed by atoms with Crippen LogP contribution in [-0.2, 0) is 6.42 Å². The lowest BCUT2D eigenvalue weighted by atomic mass is 10.1. The van der Waals surface area contributed by atoms with E-state index < -0.39 is 0 Å². The van der Waals surface area contributed by atoms with Crippen molar-refractivity contribution in [3.05, 3.63) is 28.4 Å². The highest BCUT2D eigenvalue weighted by atomic mass is 79.9. The number of nitrogens with zero attached hydrogens (tertiary/aromatic N) is 1. The standard InChI is InChI=1S/C13H16BrN3O/c1-3-4-8-7-10(17-15)12-11(18-2)6-5-9(14)13(12)16-8/h5-7H,3-4,15H2,1-2H3,(H,16,17). The van der Waals surface area contributed by atoms with E-state index in [1.54, 1.807) is 7.11 Å². The molecule has 0 bridgehead atoms. The van der Waals surface area contributed by atoms with Gasteiger partial charge in [-0.25, -0.2) is 0 Å². The number of methoxy groups -OCH3 is 1. The number of ether oxygens (including phenoxy) is 1. The van der Waals surface area contributed by atoms with Crippen molar-refractivity contribution in [3.63, 3.8) is 0 Å². The quantitative estimate of drug-likeness (QED) is 0.672. The fourth-order valence-electron chi connectivity index (χ4n) is 2.00. The van der Waals surface area contributed by atoms with Crippen molar-refractivity contribution in [2.45, 2.75) is 19.8 Å². The lowest BCUT2D eigenvalue weighted by molar-refractivity contribution is 0.420. The first-order valence-corrected chi connectivity index (χ1v) is 6.63. The van der Waals surface area contributed by atoms with Crippen molar-refractivity contribution in [3.8, 4) is 5.75 Å². The Morgan fingerprint density at radius 3 is 2.83 bits per heavy atom. The van der Waals surface area contributed by atoms with E-state index in [0.717, 1.165) is 45.3 Å². The number of nitrogens with one attached hydrogen (secondary N) is 1. The second kappa shape index (κ2) is 5.54. The number of aromatic nitrogens is 1. The molecule has 0 saturated carbocycles. The number of halogens is 1. The number of hydrazine groups is 1. The molecule has 18 heavy (non-hydrogen) atoms. The number of hydrogen-bond donors (Lipinski definition) is 2. The summed E-state index contributed by atoms with van der Waals surface area (Å²) in [6, 6.07) is 5.80. The number of pyridine rings is 1. The van der Waals surface area contributed by atoms with Crippen LogP contribution in [-0.4, -0.2) is 12.1 Å². The largest absolute Gasteiger partial charge is 0.496 e. The highest BCUT2D eigenvalue weighted by Gasteiger charge is 2.12. The Bertz CT molecular complexity index is 572. The Morgan fingerprint density at radius 1 is 1.44 bits per heavy atom. The van der Waals surface area contributed by atoms with Crippen LogP contribution < -0.4 is 16.0 Å². The Hall–Kier alpha value is -1.33. The van der Waals surface area contributed by atoms with E-state index in [-0.39, 0.29) is 0 Å². The van der Waals surface area contributed by atoms with E-state index in [1.165, 1.54) is 0 Å². The van der Waals surface area contributed by atoms with E-state index in [1.807, 2.05) is 18.2 Å². The molecule has 0 amide bonds. The molecule has 0 fully saturated rings. The Balaban J connectivity index is 2.77. The van der Waals surface area contributed by atoms with Crippen LogP contribution >= 0.6 is 15.9 Å². The summed E-state index contributed by atoms with van der Waals surface area (Å²) in [6.45, 7) is 2.13. The van der Waals surface area contributed by atoms with Crippen molar-refractivity contribution in [2.24, 2.45) is 5.84 Å². The van der Waals surface area contributed by atoms with Crippen LogP contribution in [0.1, 0.15) is 19.0 Å². The van der Waals surface area contributed by atoms with Crippen molar-refractivity contribution in [1.82, 2.24) is 4.98 Å². The average molecular weight is 310 g/mol. The van der Waals surface area contributed by atoms with Crippen molar-refractivity contribution in [2.75, 3.05) is 12.5 Å². The number of rotatable bonds is 4. The van der Waals surface area contributed by atoms with Crippen molar-refractivity contribution < 1.29 is 4.74 Å². The molecule has 1 heterocycles. The lowest BCUT2D eigenvalue weighted by Crippen LogP contribution is -2.09. The SMILES string of the molecule is CCCc1cc(NN)c2c(OC)ccc(Br)c2n1. The molecule has 5 heteroatoms. The summed E-state index contributed by atoms with van der Waals surface area (Å²) >= 11 is 3.52. The first-order chi connectivity index (χ1) is 8.71. The summed E-state index contributed by atoms with van der Waals surface area (Å²) < 4.78 is 6.31. The van der Waals surface area contributed by atoms with E-state index in [4.69, 9.17) is 10.6 Å². The van der Waals surface area contributed by atoms with Gasteiger partial charge >= 0.3 is 0 Å². The zero-order chi connectivity index (χ0) is 13.1. The fraction of sp³-hybridized carbons (Fsp3) is 0.308. The normalized spacial score (nSPS) is 10.7. The maximum Gasteiger partial charge on any atom is 0.130 e. The summed E-state index contributed by atoms with van der Waals surface area (Å²) in [6.07, 6.45) is 1.97. The van der Waals surface area contributed by atoms with Gasteiger partial charge in [0.15, 0.2) is 0 Å². The molecular formula is C13H16BrN3O. The number of anilines is 1.